The van der Waals surface area contributed by atoms with Gasteiger partial charge in [0, 0.05) is 6.07 Å². The van der Waals surface area contributed by atoms with E-state index in [4.69, 9.17) is 4.52 Å². The van der Waals surface area contributed by atoms with Gasteiger partial charge >= 0.3 is 0 Å². The minimum Gasteiger partial charge on any atom is -0.359 e. The van der Waals surface area contributed by atoms with Crippen LogP contribution in [0.2, 0.25) is 0 Å². The van der Waals surface area contributed by atoms with Gasteiger partial charge in [0.25, 0.3) is 11.7 Å². The van der Waals surface area contributed by atoms with Crippen LogP contribution < -0.4 is 4.90 Å². The average molecular weight is 260 g/mol. The monoisotopic (exact) mass is 260 g/mol. The number of aromatic nitrogens is 1. The molecule has 1 aromatic heterocycles. The van der Waals surface area contributed by atoms with Gasteiger partial charge in [0.1, 0.15) is 5.82 Å². The Balaban J connectivity index is 2.09. The molecule has 96 valence electrons. The summed E-state index contributed by atoms with van der Waals surface area (Å²) in [4.78, 5) is 25.1. The van der Waals surface area contributed by atoms with Crippen molar-refractivity contribution >= 4 is 17.4 Å². The van der Waals surface area contributed by atoms with Crippen molar-refractivity contribution in [2.24, 2.45) is 0 Å². The third kappa shape index (κ3) is 1.72. The van der Waals surface area contributed by atoms with Crippen LogP contribution in [0.1, 0.15) is 21.7 Å². The maximum atomic E-state index is 13.3. The van der Waals surface area contributed by atoms with Crippen LogP contribution in [0.25, 0.3) is 0 Å². The molecular formula is C13H9FN2O3. The number of aryl methyl sites for hydroxylation is 1. The topological polar surface area (TPSA) is 63.4 Å². The zero-order valence-electron chi connectivity index (χ0n) is 10.0. The molecule has 1 amide bonds. The lowest BCUT2D eigenvalue weighted by Crippen LogP contribution is -2.29. The van der Waals surface area contributed by atoms with E-state index in [2.05, 4.69) is 5.16 Å². The number of nitrogens with zero attached hydrogens (tertiary/aromatic N) is 2. The van der Waals surface area contributed by atoms with Gasteiger partial charge < -0.3 is 4.52 Å². The molecule has 2 aromatic rings. The molecule has 3 rings (SSSR count). The van der Waals surface area contributed by atoms with Crippen LogP contribution in [0.5, 0.6) is 0 Å². The number of anilines is 1. The molecule has 6 heteroatoms. The van der Waals surface area contributed by atoms with Crippen molar-refractivity contribution < 1.29 is 18.5 Å². The van der Waals surface area contributed by atoms with Crippen LogP contribution in [0.3, 0.4) is 0 Å². The van der Waals surface area contributed by atoms with Crippen LogP contribution in [-0.2, 0) is 11.3 Å². The summed E-state index contributed by atoms with van der Waals surface area (Å²) in [6.45, 7) is 1.76. The summed E-state index contributed by atoms with van der Waals surface area (Å²) in [7, 11) is 0. The Hall–Kier alpha value is -2.50. The molecule has 0 spiro atoms. The number of fused-ring (bicyclic) bond motifs is 1. The third-order valence-electron chi connectivity index (χ3n) is 3.02. The Morgan fingerprint density at radius 3 is 2.84 bits per heavy atom. The highest BCUT2D eigenvalue weighted by Crippen LogP contribution is 2.34. The number of ketones is 1. The molecule has 0 saturated heterocycles. The van der Waals surface area contributed by atoms with Crippen LogP contribution in [0.4, 0.5) is 10.1 Å². The molecule has 1 aliphatic heterocycles. The lowest BCUT2D eigenvalue weighted by atomic mass is 10.1. The van der Waals surface area contributed by atoms with E-state index >= 15 is 0 Å². The highest BCUT2D eigenvalue weighted by molar-refractivity contribution is 6.52. The summed E-state index contributed by atoms with van der Waals surface area (Å²) in [5.41, 5.74) is 1.07. The Morgan fingerprint density at radius 2 is 2.16 bits per heavy atom. The second kappa shape index (κ2) is 4.01. The summed E-state index contributed by atoms with van der Waals surface area (Å²) in [5, 5.41) is 3.54. The van der Waals surface area contributed by atoms with Gasteiger partial charge in [0.15, 0.2) is 5.76 Å². The van der Waals surface area contributed by atoms with Crippen LogP contribution in [0.15, 0.2) is 28.9 Å². The number of hydrogen-bond donors (Lipinski definition) is 0. The van der Waals surface area contributed by atoms with Gasteiger partial charge in [-0.25, -0.2) is 4.39 Å². The number of carbonyl (C=O) groups is 2. The molecule has 0 N–H and O–H groups in total. The van der Waals surface area contributed by atoms with Crippen molar-refractivity contribution in [2.75, 3.05) is 4.90 Å². The first-order valence-electron chi connectivity index (χ1n) is 5.64. The molecule has 0 radical (unpaired) electrons. The summed E-state index contributed by atoms with van der Waals surface area (Å²) in [6, 6.07) is 3.98. The van der Waals surface area contributed by atoms with E-state index in [-0.39, 0.29) is 12.1 Å². The van der Waals surface area contributed by atoms with E-state index < -0.39 is 17.5 Å². The molecule has 1 aromatic carbocycles. The number of hydrogen-bond acceptors (Lipinski definition) is 4. The Kier molecular flexibility index (Phi) is 2.45. The zero-order valence-corrected chi connectivity index (χ0v) is 10.0. The second-order valence-corrected chi connectivity index (χ2v) is 4.32. The molecule has 19 heavy (non-hydrogen) atoms. The first-order valence-corrected chi connectivity index (χ1v) is 5.64. The number of benzene rings is 1. The molecule has 0 atom stereocenters. The summed E-state index contributed by atoms with van der Waals surface area (Å²) < 4.78 is 18.2. The van der Waals surface area contributed by atoms with Crippen LogP contribution in [-0.4, -0.2) is 16.8 Å². The van der Waals surface area contributed by atoms with E-state index in [1.54, 1.807) is 13.0 Å². The maximum absolute atomic E-state index is 13.3. The van der Waals surface area contributed by atoms with E-state index in [1.807, 2.05) is 0 Å². The Bertz CT molecular complexity index is 679. The maximum Gasteiger partial charge on any atom is 0.299 e. The fourth-order valence-corrected chi connectivity index (χ4v) is 2.24. The summed E-state index contributed by atoms with van der Waals surface area (Å²) in [6.07, 6.45) is 1.45. The minimum absolute atomic E-state index is 0.0991. The fraction of sp³-hybridized carbons (Fsp3) is 0.154. The van der Waals surface area contributed by atoms with Crippen molar-refractivity contribution in [3.63, 3.8) is 0 Å². The SMILES string of the molecule is Cc1cc(F)cc2c1N(Cc1ccno1)C(=O)C2=O. The van der Waals surface area contributed by atoms with E-state index in [1.165, 1.54) is 17.2 Å². The van der Waals surface area contributed by atoms with Crippen molar-refractivity contribution in [1.29, 1.82) is 0 Å². The molecular weight excluding hydrogens is 251 g/mol. The van der Waals surface area contributed by atoms with E-state index in [9.17, 15) is 14.0 Å². The molecule has 0 aliphatic carbocycles. The first-order chi connectivity index (χ1) is 9.08. The van der Waals surface area contributed by atoms with Crippen molar-refractivity contribution in [2.45, 2.75) is 13.5 Å². The normalized spacial score (nSPS) is 14.1. The van der Waals surface area contributed by atoms with Gasteiger partial charge in [-0.1, -0.05) is 5.16 Å². The van der Waals surface area contributed by atoms with Crippen molar-refractivity contribution in [3.05, 3.63) is 47.1 Å². The van der Waals surface area contributed by atoms with Crippen LogP contribution >= 0.6 is 0 Å². The van der Waals surface area contributed by atoms with Gasteiger partial charge in [-0.2, -0.15) is 0 Å². The largest absolute Gasteiger partial charge is 0.359 e. The lowest BCUT2D eigenvalue weighted by molar-refractivity contribution is -0.114. The predicted octanol–water partition coefficient (Wildman–Crippen LogP) is 1.85. The highest BCUT2D eigenvalue weighted by Gasteiger charge is 2.37. The van der Waals surface area contributed by atoms with Crippen molar-refractivity contribution in [1.82, 2.24) is 5.16 Å². The average Bonchev–Trinajstić information content (AvgIpc) is 2.93. The quantitative estimate of drug-likeness (QED) is 0.773. The Morgan fingerprint density at radius 1 is 1.37 bits per heavy atom. The number of rotatable bonds is 2. The summed E-state index contributed by atoms with van der Waals surface area (Å²) >= 11 is 0. The van der Waals surface area contributed by atoms with Crippen LogP contribution in [0, 0.1) is 12.7 Å². The number of Topliss-reactive ketones (excluding diaryl/α,β-unsaturated/α-hetero) is 1. The molecule has 0 unspecified atom stereocenters. The number of halogens is 1. The van der Waals surface area contributed by atoms with E-state index in [0.29, 0.717) is 17.0 Å². The summed E-state index contributed by atoms with van der Waals surface area (Å²) in [5.74, 6) is -1.45. The third-order valence-corrected chi connectivity index (χ3v) is 3.02. The Labute approximate surface area is 107 Å². The second-order valence-electron chi connectivity index (χ2n) is 4.32. The lowest BCUT2D eigenvalue weighted by Gasteiger charge is -2.16. The molecule has 0 saturated carbocycles. The zero-order chi connectivity index (χ0) is 13.6. The van der Waals surface area contributed by atoms with Gasteiger partial charge in [-0.15, -0.1) is 0 Å². The number of carbonyl (C=O) groups excluding carboxylic acids is 2. The molecule has 1 aliphatic rings. The number of amides is 1. The van der Waals surface area contributed by atoms with Gasteiger partial charge in [-0.3, -0.25) is 14.5 Å². The van der Waals surface area contributed by atoms with E-state index in [0.717, 1.165) is 6.07 Å². The standard InChI is InChI=1S/C13H9FN2O3/c1-7-4-8(14)5-10-11(7)16(13(18)12(10)17)6-9-2-3-15-19-9/h2-5H,6H2,1H3. The van der Waals surface area contributed by atoms with Gasteiger partial charge in [-0.05, 0) is 24.6 Å². The minimum atomic E-state index is -0.697. The van der Waals surface area contributed by atoms with Gasteiger partial charge in [0.05, 0.1) is 24.0 Å². The van der Waals surface area contributed by atoms with Gasteiger partial charge in [0.2, 0.25) is 0 Å². The molecule has 2 heterocycles. The fourth-order valence-electron chi connectivity index (χ4n) is 2.24. The first kappa shape index (κ1) is 11.6. The molecule has 5 nitrogen and oxygen atoms in total. The predicted molar refractivity (Wildman–Crippen MR) is 63.2 cm³/mol. The molecule has 0 fully saturated rings. The molecule has 0 bridgehead atoms. The smallest absolute Gasteiger partial charge is 0.299 e. The van der Waals surface area contributed by atoms with Crippen molar-refractivity contribution in [3.8, 4) is 0 Å². The highest BCUT2D eigenvalue weighted by atomic mass is 19.1.